The van der Waals surface area contributed by atoms with E-state index in [1.54, 1.807) is 7.11 Å². The molecule has 0 fully saturated rings. The monoisotopic (exact) mass is 308 g/mol. The third kappa shape index (κ3) is 7.48. The first-order chi connectivity index (χ1) is 10.5. The van der Waals surface area contributed by atoms with Crippen molar-refractivity contribution in [1.82, 2.24) is 0 Å². The molecule has 124 valence electrons. The normalized spacial score (nSPS) is 11.3. The molecule has 0 amide bonds. The molecule has 0 saturated heterocycles. The molecule has 1 aromatic carbocycles. The maximum atomic E-state index is 5.80. The van der Waals surface area contributed by atoms with Crippen LogP contribution in [0.2, 0.25) is 0 Å². The van der Waals surface area contributed by atoms with Crippen LogP contribution in [0.1, 0.15) is 26.3 Å². The Labute approximate surface area is 134 Å². The minimum atomic E-state index is 0.253. The second-order valence-electron chi connectivity index (χ2n) is 6.29. The van der Waals surface area contributed by atoms with Crippen molar-refractivity contribution in [2.75, 3.05) is 33.5 Å². The van der Waals surface area contributed by atoms with E-state index in [1.807, 2.05) is 24.3 Å². The molecule has 1 aromatic rings. The fourth-order valence-corrected chi connectivity index (χ4v) is 2.03. The summed E-state index contributed by atoms with van der Waals surface area (Å²) in [6, 6.07) is 5.82. The lowest BCUT2D eigenvalue weighted by Crippen LogP contribution is -2.95. The van der Waals surface area contributed by atoms with E-state index in [2.05, 4.69) is 32.7 Å². The van der Waals surface area contributed by atoms with Crippen molar-refractivity contribution in [1.29, 1.82) is 0 Å². The van der Waals surface area contributed by atoms with E-state index in [0.717, 1.165) is 36.6 Å². The highest BCUT2D eigenvalue weighted by Crippen LogP contribution is 2.24. The van der Waals surface area contributed by atoms with Crippen LogP contribution in [-0.2, 0) is 11.2 Å². The van der Waals surface area contributed by atoms with Gasteiger partial charge in [-0.15, -0.1) is 6.58 Å². The highest BCUT2D eigenvalue weighted by Gasteiger charge is 2.11. The zero-order valence-electron chi connectivity index (χ0n) is 14.4. The Morgan fingerprint density at radius 1 is 1.18 bits per heavy atom. The van der Waals surface area contributed by atoms with Crippen LogP contribution in [0.4, 0.5) is 0 Å². The maximum absolute atomic E-state index is 5.80. The summed E-state index contributed by atoms with van der Waals surface area (Å²) in [5, 5.41) is 2.28. The van der Waals surface area contributed by atoms with Gasteiger partial charge in [0.15, 0.2) is 0 Å². The number of hydrogen-bond acceptors (Lipinski definition) is 3. The lowest BCUT2D eigenvalue weighted by atomic mass is 10.1. The van der Waals surface area contributed by atoms with Crippen molar-refractivity contribution in [3.05, 3.63) is 36.4 Å². The van der Waals surface area contributed by atoms with E-state index in [9.17, 15) is 0 Å². The van der Waals surface area contributed by atoms with E-state index in [-0.39, 0.29) is 5.54 Å². The second kappa shape index (κ2) is 9.49. The van der Waals surface area contributed by atoms with Gasteiger partial charge < -0.3 is 19.5 Å². The molecule has 0 heterocycles. The van der Waals surface area contributed by atoms with Crippen LogP contribution in [-0.4, -0.2) is 39.0 Å². The van der Waals surface area contributed by atoms with Crippen LogP contribution in [0, 0.1) is 0 Å². The standard InChI is InChI=1S/C18H29NO3/c1-6-7-15-14-16(20-5)8-9-17(15)22-13-12-21-11-10-19-18(2,3)4/h6,8-9,14,19H,1,7,10-13H2,2-5H3/p+1. The van der Waals surface area contributed by atoms with Crippen molar-refractivity contribution in [2.24, 2.45) is 0 Å². The number of rotatable bonds is 10. The molecule has 0 aliphatic rings. The van der Waals surface area contributed by atoms with Crippen molar-refractivity contribution in [3.8, 4) is 11.5 Å². The van der Waals surface area contributed by atoms with Crippen LogP contribution in [0.5, 0.6) is 11.5 Å². The maximum Gasteiger partial charge on any atom is 0.123 e. The predicted octanol–water partition coefficient (Wildman–Crippen LogP) is 2.18. The lowest BCUT2D eigenvalue weighted by Gasteiger charge is -2.16. The number of quaternary nitrogens is 1. The largest absolute Gasteiger partial charge is 0.497 e. The number of allylic oxidation sites excluding steroid dienone is 1. The summed E-state index contributed by atoms with van der Waals surface area (Å²) in [7, 11) is 1.66. The highest BCUT2D eigenvalue weighted by molar-refractivity contribution is 5.41. The Morgan fingerprint density at radius 2 is 1.95 bits per heavy atom. The van der Waals surface area contributed by atoms with Crippen molar-refractivity contribution < 1.29 is 19.5 Å². The van der Waals surface area contributed by atoms with E-state index in [4.69, 9.17) is 14.2 Å². The van der Waals surface area contributed by atoms with Gasteiger partial charge in [-0.2, -0.15) is 0 Å². The first kappa shape index (κ1) is 18.5. The number of methoxy groups -OCH3 is 1. The summed E-state index contributed by atoms with van der Waals surface area (Å²) in [4.78, 5) is 0. The van der Waals surface area contributed by atoms with Gasteiger partial charge in [-0.1, -0.05) is 6.08 Å². The molecule has 0 bridgehead atoms. The van der Waals surface area contributed by atoms with Crippen LogP contribution in [0.25, 0.3) is 0 Å². The first-order valence-corrected chi connectivity index (χ1v) is 7.79. The molecular formula is C18H30NO3+. The number of ether oxygens (including phenoxy) is 3. The first-order valence-electron chi connectivity index (χ1n) is 7.79. The summed E-state index contributed by atoms with van der Waals surface area (Å²) in [6.07, 6.45) is 2.62. The quantitative estimate of drug-likeness (QED) is 0.532. The van der Waals surface area contributed by atoms with Gasteiger partial charge in [-0.3, -0.25) is 0 Å². The van der Waals surface area contributed by atoms with Gasteiger partial charge in [0.05, 0.1) is 32.4 Å². The summed E-state index contributed by atoms with van der Waals surface area (Å²) in [5.74, 6) is 1.70. The van der Waals surface area contributed by atoms with E-state index in [0.29, 0.717) is 13.2 Å². The summed E-state index contributed by atoms with van der Waals surface area (Å²) >= 11 is 0. The predicted molar refractivity (Wildman–Crippen MR) is 89.8 cm³/mol. The molecule has 4 heteroatoms. The van der Waals surface area contributed by atoms with Gasteiger partial charge in [0, 0.05) is 5.56 Å². The highest BCUT2D eigenvalue weighted by atomic mass is 16.5. The van der Waals surface area contributed by atoms with Gasteiger partial charge in [0.25, 0.3) is 0 Å². The molecule has 1 rings (SSSR count). The Kier molecular flexibility index (Phi) is 7.99. The van der Waals surface area contributed by atoms with E-state index in [1.165, 1.54) is 0 Å². The Bertz CT molecular complexity index is 452. The minimum Gasteiger partial charge on any atom is -0.497 e. The molecule has 0 spiro atoms. The third-order valence-electron chi connectivity index (χ3n) is 3.14. The molecule has 4 nitrogen and oxygen atoms in total. The van der Waals surface area contributed by atoms with Crippen molar-refractivity contribution in [2.45, 2.75) is 32.7 Å². The topological polar surface area (TPSA) is 44.3 Å². The fraction of sp³-hybridized carbons (Fsp3) is 0.556. The minimum absolute atomic E-state index is 0.253. The molecule has 22 heavy (non-hydrogen) atoms. The molecule has 0 aromatic heterocycles. The molecule has 0 radical (unpaired) electrons. The van der Waals surface area contributed by atoms with Crippen LogP contribution < -0.4 is 14.8 Å². The summed E-state index contributed by atoms with van der Waals surface area (Å²) < 4.78 is 16.6. The molecule has 2 N–H and O–H groups in total. The Morgan fingerprint density at radius 3 is 2.59 bits per heavy atom. The number of hydrogen-bond donors (Lipinski definition) is 1. The lowest BCUT2D eigenvalue weighted by molar-refractivity contribution is -0.718. The number of nitrogens with two attached hydrogens (primary N) is 1. The van der Waals surface area contributed by atoms with Gasteiger partial charge in [-0.05, 0) is 45.4 Å². The molecule has 0 aliphatic heterocycles. The molecular weight excluding hydrogens is 278 g/mol. The Hall–Kier alpha value is -1.52. The average molecular weight is 308 g/mol. The van der Waals surface area contributed by atoms with Crippen molar-refractivity contribution >= 4 is 0 Å². The van der Waals surface area contributed by atoms with Crippen molar-refractivity contribution in [3.63, 3.8) is 0 Å². The van der Waals surface area contributed by atoms with Gasteiger partial charge in [0.2, 0.25) is 0 Å². The molecule has 0 aliphatic carbocycles. The second-order valence-corrected chi connectivity index (χ2v) is 6.29. The number of benzene rings is 1. The van der Waals surface area contributed by atoms with Crippen LogP contribution >= 0.6 is 0 Å². The van der Waals surface area contributed by atoms with Crippen LogP contribution in [0.3, 0.4) is 0 Å². The fourth-order valence-electron chi connectivity index (χ4n) is 2.03. The SMILES string of the molecule is C=CCc1cc(OC)ccc1OCCOCC[NH2+]C(C)(C)C. The van der Waals surface area contributed by atoms with E-state index >= 15 is 0 Å². The molecule has 0 atom stereocenters. The molecule has 0 unspecified atom stereocenters. The molecule has 0 saturated carbocycles. The summed E-state index contributed by atoms with van der Waals surface area (Å²) in [5.41, 5.74) is 1.33. The third-order valence-corrected chi connectivity index (χ3v) is 3.14. The van der Waals surface area contributed by atoms with Gasteiger partial charge in [-0.25, -0.2) is 0 Å². The van der Waals surface area contributed by atoms with Gasteiger partial charge in [0.1, 0.15) is 18.1 Å². The zero-order valence-corrected chi connectivity index (χ0v) is 14.4. The van der Waals surface area contributed by atoms with Gasteiger partial charge >= 0.3 is 0 Å². The zero-order chi connectivity index (χ0) is 16.4. The van der Waals surface area contributed by atoms with Crippen LogP contribution in [0.15, 0.2) is 30.9 Å². The Balaban J connectivity index is 2.31. The average Bonchev–Trinajstić information content (AvgIpc) is 2.46. The van der Waals surface area contributed by atoms with E-state index < -0.39 is 0 Å². The summed E-state index contributed by atoms with van der Waals surface area (Å²) in [6.45, 7) is 13.2. The smallest absolute Gasteiger partial charge is 0.123 e.